The molecule has 0 amide bonds. The monoisotopic (exact) mass is 285 g/mol. The molecule has 1 N–H and O–H groups in total. The Bertz CT molecular complexity index is 584. The lowest BCUT2D eigenvalue weighted by molar-refractivity contribution is -0.144. The predicted molar refractivity (Wildman–Crippen MR) is 67.0 cm³/mol. The number of aromatic hydroxyl groups is 1. The van der Waals surface area contributed by atoms with E-state index in [4.69, 9.17) is 0 Å². The molecule has 0 radical (unpaired) electrons. The van der Waals surface area contributed by atoms with Gasteiger partial charge in [-0.1, -0.05) is 6.07 Å². The Morgan fingerprint density at radius 3 is 2.84 bits per heavy atom. The molecule has 7 heteroatoms. The lowest BCUT2D eigenvalue weighted by Gasteiger charge is -2.22. The van der Waals surface area contributed by atoms with E-state index in [2.05, 4.69) is 4.74 Å². The maximum Gasteiger partial charge on any atom is 0.324 e. The summed E-state index contributed by atoms with van der Waals surface area (Å²) < 4.78 is 30.6. The predicted octanol–water partition coefficient (Wildman–Crippen LogP) is 0.718. The van der Waals surface area contributed by atoms with Crippen LogP contribution >= 0.6 is 0 Å². The molecule has 0 aliphatic carbocycles. The van der Waals surface area contributed by atoms with Crippen LogP contribution in [0, 0.1) is 0 Å². The van der Waals surface area contributed by atoms with Gasteiger partial charge < -0.3 is 9.84 Å². The van der Waals surface area contributed by atoms with Gasteiger partial charge in [0.05, 0.1) is 12.0 Å². The molecule has 1 heterocycles. The average Bonchev–Trinajstić information content (AvgIpc) is 2.87. The van der Waals surface area contributed by atoms with Gasteiger partial charge in [-0.25, -0.2) is 8.42 Å². The summed E-state index contributed by atoms with van der Waals surface area (Å²) in [6.45, 7) is 0.276. The highest BCUT2D eigenvalue weighted by Gasteiger charge is 2.40. The van der Waals surface area contributed by atoms with Gasteiger partial charge in [0, 0.05) is 6.54 Å². The Labute approximate surface area is 111 Å². The molecule has 1 aliphatic heterocycles. The van der Waals surface area contributed by atoms with Crippen molar-refractivity contribution in [2.45, 2.75) is 23.8 Å². The van der Waals surface area contributed by atoms with E-state index in [0.717, 1.165) is 4.31 Å². The Morgan fingerprint density at radius 1 is 1.47 bits per heavy atom. The minimum atomic E-state index is -3.79. The second-order valence-corrected chi connectivity index (χ2v) is 6.18. The minimum absolute atomic E-state index is 0.0247. The molecule has 0 bridgehead atoms. The second-order valence-electron chi connectivity index (χ2n) is 4.29. The maximum atomic E-state index is 12.4. The number of hydrogen-bond donors (Lipinski definition) is 1. The lowest BCUT2D eigenvalue weighted by Crippen LogP contribution is -2.40. The number of methoxy groups -OCH3 is 1. The molecule has 19 heavy (non-hydrogen) atoms. The number of esters is 1. The van der Waals surface area contributed by atoms with Crippen LogP contribution < -0.4 is 0 Å². The van der Waals surface area contributed by atoms with Gasteiger partial charge in [0.1, 0.15) is 11.8 Å². The molecule has 1 fully saturated rings. The van der Waals surface area contributed by atoms with Gasteiger partial charge in [0.25, 0.3) is 0 Å². The summed E-state index contributed by atoms with van der Waals surface area (Å²) in [6.07, 6.45) is 1.06. The van der Waals surface area contributed by atoms with Gasteiger partial charge in [-0.2, -0.15) is 4.31 Å². The van der Waals surface area contributed by atoms with E-state index >= 15 is 0 Å². The molecule has 6 nitrogen and oxygen atoms in total. The number of nitrogens with zero attached hydrogens (tertiary/aromatic N) is 1. The minimum Gasteiger partial charge on any atom is -0.508 e. The quantitative estimate of drug-likeness (QED) is 0.827. The van der Waals surface area contributed by atoms with E-state index in [1.165, 1.54) is 31.4 Å². The smallest absolute Gasteiger partial charge is 0.324 e. The molecule has 1 aromatic rings. The van der Waals surface area contributed by atoms with Gasteiger partial charge in [0.2, 0.25) is 10.0 Å². The van der Waals surface area contributed by atoms with Crippen molar-refractivity contribution in [2.24, 2.45) is 0 Å². The normalized spacial score (nSPS) is 20.4. The number of phenolic OH excluding ortho intramolecular Hbond substituents is 1. The van der Waals surface area contributed by atoms with E-state index in [1.54, 1.807) is 0 Å². The zero-order valence-corrected chi connectivity index (χ0v) is 11.3. The summed E-state index contributed by atoms with van der Waals surface area (Å²) >= 11 is 0. The molecule has 1 unspecified atom stereocenters. The first kappa shape index (κ1) is 13.8. The van der Waals surface area contributed by atoms with Gasteiger partial charge >= 0.3 is 5.97 Å². The van der Waals surface area contributed by atoms with E-state index in [9.17, 15) is 18.3 Å². The van der Waals surface area contributed by atoms with Crippen LogP contribution in [0.25, 0.3) is 0 Å². The fourth-order valence-electron chi connectivity index (χ4n) is 2.18. The number of carbonyl (C=O) groups excluding carboxylic acids is 1. The summed E-state index contributed by atoms with van der Waals surface area (Å²) in [7, 11) is -2.56. The molecule has 2 rings (SSSR count). The highest BCUT2D eigenvalue weighted by molar-refractivity contribution is 7.89. The Kier molecular flexibility index (Phi) is 3.77. The van der Waals surface area contributed by atoms with Crippen molar-refractivity contribution in [2.75, 3.05) is 13.7 Å². The second kappa shape index (κ2) is 5.18. The van der Waals surface area contributed by atoms with Crippen LogP contribution in [-0.4, -0.2) is 43.5 Å². The first-order valence-corrected chi connectivity index (χ1v) is 7.29. The van der Waals surface area contributed by atoms with Crippen molar-refractivity contribution in [3.63, 3.8) is 0 Å². The van der Waals surface area contributed by atoms with Crippen molar-refractivity contribution < 1.29 is 23.1 Å². The van der Waals surface area contributed by atoms with Crippen LogP contribution in [0.1, 0.15) is 12.8 Å². The van der Waals surface area contributed by atoms with Crippen molar-refractivity contribution in [1.29, 1.82) is 0 Å². The molecule has 1 saturated heterocycles. The third-order valence-electron chi connectivity index (χ3n) is 3.10. The number of ether oxygens (including phenoxy) is 1. The number of hydrogen-bond acceptors (Lipinski definition) is 5. The Balaban J connectivity index is 2.36. The molecule has 0 aromatic heterocycles. The number of sulfonamides is 1. The summed E-state index contributed by atoms with van der Waals surface area (Å²) in [6, 6.07) is 4.62. The van der Waals surface area contributed by atoms with Crippen LogP contribution in [0.5, 0.6) is 5.75 Å². The van der Waals surface area contributed by atoms with Crippen molar-refractivity contribution in [3.05, 3.63) is 24.3 Å². The van der Waals surface area contributed by atoms with Crippen molar-refractivity contribution in [3.8, 4) is 5.75 Å². The van der Waals surface area contributed by atoms with Crippen LogP contribution in [0.15, 0.2) is 29.2 Å². The highest BCUT2D eigenvalue weighted by Crippen LogP contribution is 2.28. The van der Waals surface area contributed by atoms with Crippen LogP contribution in [0.4, 0.5) is 0 Å². The molecule has 104 valence electrons. The first-order valence-electron chi connectivity index (χ1n) is 5.85. The number of rotatable bonds is 3. The fourth-order valence-corrected chi connectivity index (χ4v) is 3.87. The molecule has 0 saturated carbocycles. The fraction of sp³-hybridized carbons (Fsp3) is 0.417. The highest BCUT2D eigenvalue weighted by atomic mass is 32.2. The van der Waals surface area contributed by atoms with Crippen molar-refractivity contribution >= 4 is 16.0 Å². The van der Waals surface area contributed by atoms with E-state index in [1.807, 2.05) is 0 Å². The molecule has 1 aliphatic rings. The summed E-state index contributed by atoms with van der Waals surface area (Å²) in [4.78, 5) is 11.6. The standard InChI is InChI=1S/C12H15NO5S/c1-18-12(15)11-6-3-7-13(11)19(16,17)10-5-2-4-9(14)8-10/h2,4-5,8,11,14H,3,6-7H2,1H3. The van der Waals surface area contributed by atoms with Crippen LogP contribution in [0.2, 0.25) is 0 Å². The number of benzene rings is 1. The van der Waals surface area contributed by atoms with E-state index in [0.29, 0.717) is 12.8 Å². The third-order valence-corrected chi connectivity index (χ3v) is 5.01. The summed E-state index contributed by atoms with van der Waals surface area (Å²) in [5.41, 5.74) is 0. The van der Waals surface area contributed by atoms with E-state index in [-0.39, 0.29) is 17.2 Å². The van der Waals surface area contributed by atoms with E-state index < -0.39 is 22.0 Å². The topological polar surface area (TPSA) is 83.9 Å². The maximum absolute atomic E-state index is 12.4. The van der Waals surface area contributed by atoms with Crippen molar-refractivity contribution in [1.82, 2.24) is 4.31 Å². The number of phenols is 1. The first-order chi connectivity index (χ1) is 8.96. The summed E-state index contributed by atoms with van der Waals surface area (Å²) in [5, 5.41) is 9.37. The molecule has 1 atom stereocenters. The van der Waals surface area contributed by atoms with Gasteiger partial charge in [-0.05, 0) is 31.0 Å². The van der Waals surface area contributed by atoms with Crippen LogP contribution in [-0.2, 0) is 19.6 Å². The lowest BCUT2D eigenvalue weighted by atomic mass is 10.2. The SMILES string of the molecule is COC(=O)C1CCCN1S(=O)(=O)c1cccc(O)c1. The zero-order chi connectivity index (χ0) is 14.0. The third kappa shape index (κ3) is 2.57. The molecule has 0 spiro atoms. The van der Waals surface area contributed by atoms with Gasteiger partial charge in [0.15, 0.2) is 0 Å². The molecular formula is C12H15NO5S. The van der Waals surface area contributed by atoms with Crippen LogP contribution in [0.3, 0.4) is 0 Å². The molecule has 1 aromatic carbocycles. The van der Waals surface area contributed by atoms with Gasteiger partial charge in [-0.15, -0.1) is 0 Å². The Hall–Kier alpha value is -1.60. The largest absolute Gasteiger partial charge is 0.508 e. The molecular weight excluding hydrogens is 270 g/mol. The van der Waals surface area contributed by atoms with Gasteiger partial charge in [-0.3, -0.25) is 4.79 Å². The summed E-state index contributed by atoms with van der Waals surface area (Å²) in [5.74, 6) is -0.684. The Morgan fingerprint density at radius 2 is 2.21 bits per heavy atom. The number of carbonyl (C=O) groups is 1. The zero-order valence-electron chi connectivity index (χ0n) is 10.4. The average molecular weight is 285 g/mol.